The highest BCUT2D eigenvalue weighted by Crippen LogP contribution is 2.45. The van der Waals surface area contributed by atoms with Crippen molar-refractivity contribution >= 4 is 67.2 Å². The molecule has 7 aromatic rings. The Hall–Kier alpha value is -5.42. The van der Waals surface area contributed by atoms with Gasteiger partial charge in [-0.3, -0.25) is 0 Å². The largest absolute Gasteiger partial charge is 0.332 e. The van der Waals surface area contributed by atoms with Crippen molar-refractivity contribution in [2.75, 3.05) is 0 Å². The zero-order valence-corrected chi connectivity index (χ0v) is 22.5. The molecule has 1 atom stereocenters. The Morgan fingerprint density at radius 1 is 0.683 bits per heavy atom. The molecule has 3 heterocycles. The van der Waals surface area contributed by atoms with E-state index in [4.69, 9.17) is 10.1 Å². The van der Waals surface area contributed by atoms with Crippen LogP contribution in [0.4, 0.5) is 0 Å². The molecule has 1 aliphatic carbocycles. The van der Waals surface area contributed by atoms with Gasteiger partial charge < -0.3 is 9.13 Å². The minimum Gasteiger partial charge on any atom is -0.332 e. The summed E-state index contributed by atoms with van der Waals surface area (Å²) in [6, 6.07) is 34.5. The Balaban J connectivity index is 1.52. The highest BCUT2D eigenvalue weighted by atomic mass is 15.3. The molecule has 0 bridgehead atoms. The first-order chi connectivity index (χ1) is 20.3. The van der Waals surface area contributed by atoms with Gasteiger partial charge in [-0.2, -0.15) is 0 Å². The fourth-order valence-corrected chi connectivity index (χ4v) is 6.57. The molecule has 3 aromatic heterocycles. The molecule has 0 saturated carbocycles. The summed E-state index contributed by atoms with van der Waals surface area (Å²) in [5, 5.41) is 9.89. The molecule has 8 rings (SSSR count). The molecule has 1 aliphatic rings. The second kappa shape index (κ2) is 9.07. The van der Waals surface area contributed by atoms with Gasteiger partial charge in [-0.05, 0) is 42.8 Å². The van der Waals surface area contributed by atoms with Crippen molar-refractivity contribution in [2.24, 2.45) is 0 Å². The molecule has 0 amide bonds. The SMILES string of the molecule is C=Cc1nc(C2=C(n3c4ccccc4c4ccccc43)C=CCC2n2c3ccccc3c3ccccc32)nn1C=C. The van der Waals surface area contributed by atoms with Crippen LogP contribution in [0.2, 0.25) is 0 Å². The molecule has 5 nitrogen and oxygen atoms in total. The van der Waals surface area contributed by atoms with E-state index in [0.29, 0.717) is 11.6 Å². The molecule has 0 fully saturated rings. The van der Waals surface area contributed by atoms with Crippen molar-refractivity contribution in [3.63, 3.8) is 0 Å². The maximum atomic E-state index is 5.01. The van der Waals surface area contributed by atoms with Gasteiger partial charge >= 0.3 is 0 Å². The van der Waals surface area contributed by atoms with Crippen molar-refractivity contribution in [1.82, 2.24) is 23.9 Å². The number of hydrogen-bond donors (Lipinski definition) is 0. The van der Waals surface area contributed by atoms with Crippen LogP contribution in [0.5, 0.6) is 0 Å². The topological polar surface area (TPSA) is 40.6 Å². The van der Waals surface area contributed by atoms with Gasteiger partial charge in [-0.1, -0.05) is 92.0 Å². The first-order valence-electron chi connectivity index (χ1n) is 13.9. The van der Waals surface area contributed by atoms with E-state index in [2.05, 4.69) is 132 Å². The fourth-order valence-electron chi connectivity index (χ4n) is 6.57. The molecule has 5 heteroatoms. The van der Waals surface area contributed by atoms with Crippen LogP contribution in [-0.2, 0) is 0 Å². The number of benzene rings is 4. The number of para-hydroxylation sites is 4. The molecule has 4 aromatic carbocycles. The van der Waals surface area contributed by atoms with Gasteiger partial charge in [-0.15, -0.1) is 5.10 Å². The van der Waals surface area contributed by atoms with Crippen LogP contribution < -0.4 is 0 Å². The highest BCUT2D eigenvalue weighted by molar-refractivity contribution is 6.13. The van der Waals surface area contributed by atoms with Gasteiger partial charge in [0.05, 0.1) is 22.8 Å². The zero-order valence-electron chi connectivity index (χ0n) is 22.5. The summed E-state index contributed by atoms with van der Waals surface area (Å²) in [7, 11) is 0. The molecule has 0 radical (unpaired) electrons. The van der Waals surface area contributed by atoms with E-state index in [1.54, 1.807) is 17.0 Å². The van der Waals surface area contributed by atoms with Gasteiger partial charge in [-0.25, -0.2) is 9.67 Å². The summed E-state index contributed by atoms with van der Waals surface area (Å²) < 4.78 is 6.55. The lowest BCUT2D eigenvalue weighted by Gasteiger charge is -2.28. The maximum absolute atomic E-state index is 5.01. The van der Waals surface area contributed by atoms with E-state index in [-0.39, 0.29) is 6.04 Å². The maximum Gasteiger partial charge on any atom is 0.182 e. The summed E-state index contributed by atoms with van der Waals surface area (Å²) in [4.78, 5) is 5.01. The number of nitrogens with zero attached hydrogens (tertiary/aromatic N) is 5. The van der Waals surface area contributed by atoms with Crippen molar-refractivity contribution < 1.29 is 0 Å². The average molecular weight is 530 g/mol. The Morgan fingerprint density at radius 2 is 1.20 bits per heavy atom. The van der Waals surface area contributed by atoms with Gasteiger partial charge in [0.15, 0.2) is 11.6 Å². The summed E-state index contributed by atoms with van der Waals surface area (Å²) in [6.07, 6.45) is 8.75. The van der Waals surface area contributed by atoms with Crippen LogP contribution in [0.1, 0.15) is 24.1 Å². The monoisotopic (exact) mass is 529 g/mol. The number of hydrogen-bond acceptors (Lipinski definition) is 2. The molecule has 0 saturated heterocycles. The van der Waals surface area contributed by atoms with Gasteiger partial charge in [0, 0.05) is 44.4 Å². The minimum atomic E-state index is -0.0435. The predicted molar refractivity (Wildman–Crippen MR) is 171 cm³/mol. The second-order valence-corrected chi connectivity index (χ2v) is 10.4. The minimum absolute atomic E-state index is 0.0435. The van der Waals surface area contributed by atoms with Crippen LogP contribution in [-0.4, -0.2) is 23.9 Å². The summed E-state index contributed by atoms with van der Waals surface area (Å²) >= 11 is 0. The van der Waals surface area contributed by atoms with Crippen LogP contribution in [0.15, 0.2) is 122 Å². The van der Waals surface area contributed by atoms with Crippen molar-refractivity contribution in [3.05, 3.63) is 134 Å². The zero-order chi connectivity index (χ0) is 27.5. The predicted octanol–water partition coefficient (Wildman–Crippen LogP) is 8.81. The third-order valence-electron chi connectivity index (χ3n) is 8.25. The van der Waals surface area contributed by atoms with E-state index < -0.39 is 0 Å². The first-order valence-corrected chi connectivity index (χ1v) is 13.9. The van der Waals surface area contributed by atoms with E-state index in [0.717, 1.165) is 28.7 Å². The highest BCUT2D eigenvalue weighted by Gasteiger charge is 2.31. The van der Waals surface area contributed by atoms with Gasteiger partial charge in [0.2, 0.25) is 0 Å². The van der Waals surface area contributed by atoms with E-state index in [1.165, 1.54) is 32.6 Å². The van der Waals surface area contributed by atoms with Crippen molar-refractivity contribution in [3.8, 4) is 0 Å². The first kappa shape index (κ1) is 23.5. The molecule has 0 N–H and O–H groups in total. The van der Waals surface area contributed by atoms with Gasteiger partial charge in [0.25, 0.3) is 0 Å². The van der Waals surface area contributed by atoms with Crippen LogP contribution in [0.3, 0.4) is 0 Å². The Morgan fingerprint density at radius 3 is 1.71 bits per heavy atom. The quantitative estimate of drug-likeness (QED) is 0.224. The summed E-state index contributed by atoms with van der Waals surface area (Å²) in [5.41, 5.74) is 6.83. The molecular weight excluding hydrogens is 502 g/mol. The fraction of sp³-hybridized carbons (Fsp3) is 0.0556. The Labute approximate surface area is 237 Å². The molecule has 196 valence electrons. The standard InChI is InChI=1S/C36H27N5/c1-3-34-37-36(38-39(34)4-2)35-32(40-28-18-9-5-14-24(28)25-15-6-10-19-29(25)40)22-13-23-33(35)41-30-20-11-7-16-26(30)27-17-8-12-21-31(27)41/h3-22,33H,1-2,23H2. The summed E-state index contributed by atoms with van der Waals surface area (Å²) in [5.74, 6) is 1.34. The lowest BCUT2D eigenvalue weighted by atomic mass is 9.94. The average Bonchev–Trinajstić information content (AvgIpc) is 3.70. The third-order valence-corrected chi connectivity index (χ3v) is 8.25. The molecule has 1 unspecified atom stereocenters. The summed E-state index contributed by atoms with van der Waals surface area (Å²) in [6.45, 7) is 7.96. The molecule has 0 spiro atoms. The molecular formula is C36H27N5. The van der Waals surface area contributed by atoms with E-state index in [9.17, 15) is 0 Å². The van der Waals surface area contributed by atoms with Crippen molar-refractivity contribution in [2.45, 2.75) is 12.5 Å². The number of fused-ring (bicyclic) bond motifs is 6. The number of aromatic nitrogens is 5. The van der Waals surface area contributed by atoms with Crippen LogP contribution in [0, 0.1) is 0 Å². The lowest BCUT2D eigenvalue weighted by Crippen LogP contribution is -2.17. The number of allylic oxidation sites excluding steroid dienone is 4. The Kier molecular flexibility index (Phi) is 5.19. The normalized spacial score (nSPS) is 15.5. The molecule has 0 aliphatic heterocycles. The third kappa shape index (κ3) is 3.36. The lowest BCUT2D eigenvalue weighted by molar-refractivity contribution is 0.659. The van der Waals surface area contributed by atoms with E-state index >= 15 is 0 Å². The van der Waals surface area contributed by atoms with E-state index in [1.807, 2.05) is 0 Å². The van der Waals surface area contributed by atoms with Crippen molar-refractivity contribution in [1.29, 1.82) is 0 Å². The second-order valence-electron chi connectivity index (χ2n) is 10.4. The Bertz CT molecular complexity index is 2100. The smallest absolute Gasteiger partial charge is 0.182 e. The van der Waals surface area contributed by atoms with Gasteiger partial charge in [0.1, 0.15) is 0 Å². The number of rotatable bonds is 5. The molecule has 41 heavy (non-hydrogen) atoms. The van der Waals surface area contributed by atoms with Crippen LogP contribution >= 0.6 is 0 Å². The van der Waals surface area contributed by atoms with Crippen LogP contribution in [0.25, 0.3) is 67.2 Å².